The van der Waals surface area contributed by atoms with E-state index in [1.807, 2.05) is 13.8 Å². The van der Waals surface area contributed by atoms with Crippen LogP contribution in [-0.2, 0) is 15.0 Å². The second-order valence-electron chi connectivity index (χ2n) is 8.07. The average Bonchev–Trinajstić information content (AvgIpc) is 2.53. The van der Waals surface area contributed by atoms with Crippen LogP contribution >= 0.6 is 0 Å². The normalized spacial score (nSPS) is 15.8. The summed E-state index contributed by atoms with van der Waals surface area (Å²) in [6, 6.07) is 8.48. The van der Waals surface area contributed by atoms with Crippen LogP contribution in [0.15, 0.2) is 24.3 Å². The summed E-state index contributed by atoms with van der Waals surface area (Å²) in [5.74, 6) is -0.345. The fourth-order valence-electron chi connectivity index (χ4n) is 3.17. The van der Waals surface area contributed by atoms with Gasteiger partial charge in [0.15, 0.2) is 0 Å². The van der Waals surface area contributed by atoms with Crippen molar-refractivity contribution in [3.63, 3.8) is 0 Å². The lowest BCUT2D eigenvalue weighted by Crippen LogP contribution is -2.51. The largest absolute Gasteiger partial charge is 0.368 e. The van der Waals surface area contributed by atoms with E-state index >= 15 is 0 Å². The molecular formula is C20H30N2O2. The second-order valence-corrected chi connectivity index (χ2v) is 8.07. The molecule has 0 spiro atoms. The molecule has 4 nitrogen and oxygen atoms in total. The smallest absolute Gasteiger partial charge is 0.290 e. The maximum atomic E-state index is 12.3. The van der Waals surface area contributed by atoms with Gasteiger partial charge in [0.1, 0.15) is 0 Å². The van der Waals surface area contributed by atoms with Gasteiger partial charge in [-0.1, -0.05) is 52.8 Å². The summed E-state index contributed by atoms with van der Waals surface area (Å²) >= 11 is 0. The number of hydrogen-bond acceptors (Lipinski definition) is 3. The van der Waals surface area contributed by atoms with Gasteiger partial charge in [-0.2, -0.15) is 0 Å². The van der Waals surface area contributed by atoms with E-state index in [2.05, 4.69) is 49.9 Å². The van der Waals surface area contributed by atoms with Crippen LogP contribution in [0.4, 0.5) is 5.69 Å². The van der Waals surface area contributed by atoms with Crippen molar-refractivity contribution in [3.8, 4) is 0 Å². The molecule has 1 aromatic rings. The highest BCUT2D eigenvalue weighted by atomic mass is 16.2. The summed E-state index contributed by atoms with van der Waals surface area (Å²) in [6.45, 7) is 13.4. The maximum Gasteiger partial charge on any atom is 0.290 e. The van der Waals surface area contributed by atoms with Crippen LogP contribution in [-0.4, -0.2) is 42.8 Å². The first-order chi connectivity index (χ1) is 11.2. The molecular weight excluding hydrogens is 300 g/mol. The number of hydrogen-bond donors (Lipinski definition) is 0. The molecule has 1 amide bonds. The number of carbonyl (C=O) groups is 2. The molecule has 4 heteroatoms. The van der Waals surface area contributed by atoms with Crippen molar-refractivity contribution in [1.82, 2.24) is 4.90 Å². The van der Waals surface area contributed by atoms with Gasteiger partial charge in [0, 0.05) is 38.3 Å². The Morgan fingerprint density at radius 3 is 2.17 bits per heavy atom. The zero-order valence-corrected chi connectivity index (χ0v) is 15.6. The molecule has 1 heterocycles. The molecule has 24 heavy (non-hydrogen) atoms. The number of benzene rings is 1. The molecule has 1 fully saturated rings. The summed E-state index contributed by atoms with van der Waals surface area (Å²) in [6.07, 6.45) is 0.339. The highest BCUT2D eigenvalue weighted by molar-refractivity contribution is 6.36. The zero-order valence-electron chi connectivity index (χ0n) is 15.6. The Kier molecular flexibility index (Phi) is 5.68. The van der Waals surface area contributed by atoms with Crippen LogP contribution in [0, 0.1) is 5.92 Å². The molecule has 0 aromatic heterocycles. The molecule has 0 N–H and O–H groups in total. The third-order valence-electron chi connectivity index (χ3n) is 4.45. The average molecular weight is 330 g/mol. The minimum Gasteiger partial charge on any atom is -0.368 e. The van der Waals surface area contributed by atoms with Crippen molar-refractivity contribution in [2.75, 3.05) is 31.1 Å². The SMILES string of the molecule is CC(C)CC(=O)C(=O)N1CCN(c2ccccc2C(C)(C)C)CC1. The Labute approximate surface area is 145 Å². The number of anilines is 1. The van der Waals surface area contributed by atoms with E-state index in [1.54, 1.807) is 4.90 Å². The quantitative estimate of drug-likeness (QED) is 0.796. The van der Waals surface area contributed by atoms with Crippen molar-refractivity contribution < 1.29 is 9.59 Å². The Morgan fingerprint density at radius 2 is 1.62 bits per heavy atom. The number of para-hydroxylation sites is 1. The van der Waals surface area contributed by atoms with E-state index in [4.69, 9.17) is 0 Å². The van der Waals surface area contributed by atoms with Gasteiger partial charge in [0.05, 0.1) is 0 Å². The van der Waals surface area contributed by atoms with Crippen LogP contribution in [0.1, 0.15) is 46.6 Å². The van der Waals surface area contributed by atoms with Crippen molar-refractivity contribution >= 4 is 17.4 Å². The monoisotopic (exact) mass is 330 g/mol. The van der Waals surface area contributed by atoms with E-state index in [9.17, 15) is 9.59 Å². The van der Waals surface area contributed by atoms with Crippen LogP contribution in [0.5, 0.6) is 0 Å². The summed E-state index contributed by atoms with van der Waals surface area (Å²) in [5, 5.41) is 0. The van der Waals surface area contributed by atoms with Crippen molar-refractivity contribution in [2.45, 2.75) is 46.5 Å². The molecule has 132 valence electrons. The Balaban J connectivity index is 2.04. The van der Waals surface area contributed by atoms with Gasteiger partial charge in [-0.05, 0) is 23.0 Å². The summed E-state index contributed by atoms with van der Waals surface area (Å²) < 4.78 is 0. The minimum atomic E-state index is -0.313. The minimum absolute atomic E-state index is 0.0801. The molecule has 1 saturated heterocycles. The molecule has 0 unspecified atom stereocenters. The molecule has 0 atom stereocenters. The summed E-state index contributed by atoms with van der Waals surface area (Å²) in [7, 11) is 0. The van der Waals surface area contributed by atoms with Crippen molar-refractivity contribution in [2.24, 2.45) is 5.92 Å². The fraction of sp³-hybridized carbons (Fsp3) is 0.600. The molecule has 1 aliphatic rings. The number of amides is 1. The first-order valence-electron chi connectivity index (χ1n) is 8.86. The zero-order chi connectivity index (χ0) is 17.9. The molecule has 1 aliphatic heterocycles. The predicted octanol–water partition coefficient (Wildman–Crippen LogP) is 3.25. The Morgan fingerprint density at radius 1 is 1.04 bits per heavy atom. The predicted molar refractivity (Wildman–Crippen MR) is 98.4 cm³/mol. The van der Waals surface area contributed by atoms with Crippen LogP contribution in [0.2, 0.25) is 0 Å². The second kappa shape index (κ2) is 7.37. The molecule has 1 aromatic carbocycles. The Bertz CT molecular complexity index is 594. The van der Waals surface area contributed by atoms with Gasteiger partial charge < -0.3 is 9.80 Å². The van der Waals surface area contributed by atoms with Crippen molar-refractivity contribution in [1.29, 1.82) is 0 Å². The molecule has 2 rings (SSSR count). The first-order valence-corrected chi connectivity index (χ1v) is 8.86. The molecule has 0 radical (unpaired) electrons. The van der Waals surface area contributed by atoms with E-state index in [0.29, 0.717) is 19.5 Å². The van der Waals surface area contributed by atoms with E-state index in [1.165, 1.54) is 11.3 Å². The topological polar surface area (TPSA) is 40.6 Å². The van der Waals surface area contributed by atoms with E-state index in [-0.39, 0.29) is 23.0 Å². The van der Waals surface area contributed by atoms with Crippen LogP contribution in [0.25, 0.3) is 0 Å². The number of rotatable bonds is 4. The van der Waals surface area contributed by atoms with Crippen LogP contribution < -0.4 is 4.90 Å². The lowest BCUT2D eigenvalue weighted by molar-refractivity contribution is -0.145. The van der Waals surface area contributed by atoms with Gasteiger partial charge in [-0.3, -0.25) is 9.59 Å². The lowest BCUT2D eigenvalue weighted by Gasteiger charge is -2.38. The maximum absolute atomic E-state index is 12.3. The van der Waals surface area contributed by atoms with Gasteiger partial charge >= 0.3 is 0 Å². The third kappa shape index (κ3) is 4.37. The first kappa shape index (κ1) is 18.5. The molecule has 0 bridgehead atoms. The lowest BCUT2D eigenvalue weighted by atomic mass is 9.85. The van der Waals surface area contributed by atoms with E-state index in [0.717, 1.165) is 13.1 Å². The number of ketones is 1. The standard InChI is InChI=1S/C20H30N2O2/c1-15(2)14-18(23)19(24)22-12-10-21(11-13-22)17-9-7-6-8-16(17)20(3,4)5/h6-9,15H,10-14H2,1-5H3. The third-order valence-corrected chi connectivity index (χ3v) is 4.45. The number of piperazine rings is 1. The van der Waals surface area contributed by atoms with Gasteiger partial charge in [0.25, 0.3) is 5.91 Å². The van der Waals surface area contributed by atoms with Crippen LogP contribution in [0.3, 0.4) is 0 Å². The molecule has 0 saturated carbocycles. The molecule has 0 aliphatic carbocycles. The highest BCUT2D eigenvalue weighted by Crippen LogP contribution is 2.32. The van der Waals surface area contributed by atoms with Gasteiger partial charge in [-0.25, -0.2) is 0 Å². The Hall–Kier alpha value is -1.84. The summed E-state index contributed by atoms with van der Waals surface area (Å²) in [4.78, 5) is 28.3. The number of nitrogens with zero attached hydrogens (tertiary/aromatic N) is 2. The fourth-order valence-corrected chi connectivity index (χ4v) is 3.17. The van der Waals surface area contributed by atoms with Crippen molar-refractivity contribution in [3.05, 3.63) is 29.8 Å². The number of carbonyl (C=O) groups excluding carboxylic acids is 2. The van der Waals surface area contributed by atoms with Gasteiger partial charge in [0.2, 0.25) is 5.78 Å². The summed E-state index contributed by atoms with van der Waals surface area (Å²) in [5.41, 5.74) is 2.64. The number of Topliss-reactive ketones (excluding diaryl/α,β-unsaturated/α-hetero) is 1. The van der Waals surface area contributed by atoms with Gasteiger partial charge in [-0.15, -0.1) is 0 Å². The highest BCUT2D eigenvalue weighted by Gasteiger charge is 2.28. The van der Waals surface area contributed by atoms with E-state index < -0.39 is 0 Å².